The standard InChI is InChI=1S/C12H18N4O/c1-3-5-7-8-10-11(16-15-8)12(17)14-9(13-10)6-4-2/h3-7H2,1-2H3,(H,15,16)(H,13,14,17). The lowest BCUT2D eigenvalue weighted by Gasteiger charge is -1.99. The van der Waals surface area contributed by atoms with Crippen LogP contribution in [0.1, 0.15) is 44.6 Å². The summed E-state index contributed by atoms with van der Waals surface area (Å²) < 4.78 is 0. The molecule has 2 aromatic heterocycles. The summed E-state index contributed by atoms with van der Waals surface area (Å²) in [5.74, 6) is 0.754. The number of fused-ring (bicyclic) bond motifs is 1. The van der Waals surface area contributed by atoms with Gasteiger partial charge in [-0.2, -0.15) is 5.10 Å². The maximum Gasteiger partial charge on any atom is 0.279 e. The van der Waals surface area contributed by atoms with E-state index in [4.69, 9.17) is 0 Å². The van der Waals surface area contributed by atoms with E-state index in [1.165, 1.54) is 0 Å². The van der Waals surface area contributed by atoms with E-state index < -0.39 is 0 Å². The quantitative estimate of drug-likeness (QED) is 0.830. The van der Waals surface area contributed by atoms with E-state index in [0.29, 0.717) is 5.52 Å². The molecular weight excluding hydrogens is 216 g/mol. The second kappa shape index (κ2) is 5.12. The fourth-order valence-electron chi connectivity index (χ4n) is 1.89. The van der Waals surface area contributed by atoms with Gasteiger partial charge in [0.15, 0.2) is 5.52 Å². The number of aromatic amines is 2. The second-order valence-electron chi connectivity index (χ2n) is 4.27. The Balaban J connectivity index is 2.46. The van der Waals surface area contributed by atoms with Gasteiger partial charge in [0, 0.05) is 6.42 Å². The Morgan fingerprint density at radius 3 is 2.65 bits per heavy atom. The van der Waals surface area contributed by atoms with Gasteiger partial charge in [-0.25, -0.2) is 4.98 Å². The number of rotatable bonds is 5. The largest absolute Gasteiger partial charge is 0.309 e. The van der Waals surface area contributed by atoms with Crippen molar-refractivity contribution in [1.82, 2.24) is 20.2 Å². The van der Waals surface area contributed by atoms with Crippen molar-refractivity contribution in [3.63, 3.8) is 0 Å². The monoisotopic (exact) mass is 234 g/mol. The molecule has 0 spiro atoms. The van der Waals surface area contributed by atoms with E-state index >= 15 is 0 Å². The van der Waals surface area contributed by atoms with Crippen molar-refractivity contribution >= 4 is 11.0 Å². The van der Waals surface area contributed by atoms with Crippen LogP contribution in [0.25, 0.3) is 11.0 Å². The number of aromatic nitrogens is 4. The van der Waals surface area contributed by atoms with Crippen molar-refractivity contribution in [2.24, 2.45) is 0 Å². The zero-order valence-electron chi connectivity index (χ0n) is 10.3. The highest BCUT2D eigenvalue weighted by molar-refractivity contribution is 5.75. The number of aryl methyl sites for hydroxylation is 2. The summed E-state index contributed by atoms with van der Waals surface area (Å²) in [6.07, 6.45) is 4.86. The SMILES string of the molecule is CCCCc1[nH]nc2c(=O)[nH]c(CCC)nc12. The van der Waals surface area contributed by atoms with Crippen LogP contribution in [0.4, 0.5) is 0 Å². The first-order valence-electron chi connectivity index (χ1n) is 6.22. The van der Waals surface area contributed by atoms with Crippen LogP contribution < -0.4 is 5.56 Å². The Hall–Kier alpha value is -1.65. The maximum atomic E-state index is 11.8. The van der Waals surface area contributed by atoms with Crippen LogP contribution in [0.2, 0.25) is 0 Å². The van der Waals surface area contributed by atoms with Gasteiger partial charge < -0.3 is 4.98 Å². The van der Waals surface area contributed by atoms with Gasteiger partial charge in [0.2, 0.25) is 0 Å². The van der Waals surface area contributed by atoms with Gasteiger partial charge in [-0.1, -0.05) is 20.3 Å². The van der Waals surface area contributed by atoms with Crippen LogP contribution in [-0.4, -0.2) is 20.2 Å². The van der Waals surface area contributed by atoms with Gasteiger partial charge in [0.05, 0.1) is 5.69 Å². The minimum absolute atomic E-state index is 0.141. The number of H-pyrrole nitrogens is 2. The molecule has 0 fully saturated rings. The molecule has 0 radical (unpaired) electrons. The van der Waals surface area contributed by atoms with Crippen molar-refractivity contribution < 1.29 is 0 Å². The third-order valence-electron chi connectivity index (χ3n) is 2.80. The van der Waals surface area contributed by atoms with Crippen molar-refractivity contribution in [1.29, 1.82) is 0 Å². The smallest absolute Gasteiger partial charge is 0.279 e. The first kappa shape index (κ1) is 11.8. The normalized spacial score (nSPS) is 11.2. The number of nitrogens with zero attached hydrogens (tertiary/aromatic N) is 2. The number of hydrogen-bond donors (Lipinski definition) is 2. The van der Waals surface area contributed by atoms with E-state index in [1.807, 2.05) is 0 Å². The lowest BCUT2D eigenvalue weighted by molar-refractivity contribution is 0.773. The minimum atomic E-state index is -0.141. The molecule has 2 aromatic rings. The zero-order valence-corrected chi connectivity index (χ0v) is 10.3. The average Bonchev–Trinajstić information content (AvgIpc) is 2.70. The summed E-state index contributed by atoms with van der Waals surface area (Å²) in [5, 5.41) is 6.97. The molecule has 0 atom stereocenters. The fraction of sp³-hybridized carbons (Fsp3) is 0.583. The van der Waals surface area contributed by atoms with Crippen molar-refractivity contribution in [2.45, 2.75) is 46.0 Å². The number of nitrogens with one attached hydrogen (secondary N) is 2. The summed E-state index contributed by atoms with van der Waals surface area (Å²) in [4.78, 5) is 19.0. The molecule has 0 unspecified atom stereocenters. The molecule has 2 N–H and O–H groups in total. The molecule has 0 aliphatic heterocycles. The molecule has 0 amide bonds. The van der Waals surface area contributed by atoms with E-state index in [0.717, 1.165) is 49.1 Å². The molecule has 0 saturated heterocycles. The second-order valence-corrected chi connectivity index (χ2v) is 4.27. The predicted octanol–water partition coefficient (Wildman–Crippen LogP) is 1.94. The molecule has 0 aromatic carbocycles. The highest BCUT2D eigenvalue weighted by atomic mass is 16.1. The molecular formula is C12H18N4O. The van der Waals surface area contributed by atoms with Crippen LogP contribution in [0.5, 0.6) is 0 Å². The predicted molar refractivity (Wildman–Crippen MR) is 67.1 cm³/mol. The molecule has 5 nitrogen and oxygen atoms in total. The summed E-state index contributed by atoms with van der Waals surface area (Å²) >= 11 is 0. The lowest BCUT2D eigenvalue weighted by Crippen LogP contribution is -2.11. The third kappa shape index (κ3) is 2.38. The molecule has 92 valence electrons. The average molecular weight is 234 g/mol. The third-order valence-corrected chi connectivity index (χ3v) is 2.80. The van der Waals surface area contributed by atoms with Gasteiger partial charge in [-0.3, -0.25) is 9.89 Å². The van der Waals surface area contributed by atoms with E-state index in [2.05, 4.69) is 34.0 Å². The van der Waals surface area contributed by atoms with E-state index in [9.17, 15) is 4.79 Å². The van der Waals surface area contributed by atoms with E-state index in [1.54, 1.807) is 0 Å². The van der Waals surface area contributed by atoms with Crippen LogP contribution in [0, 0.1) is 0 Å². The molecule has 17 heavy (non-hydrogen) atoms. The Morgan fingerprint density at radius 2 is 1.94 bits per heavy atom. The molecule has 2 rings (SSSR count). The molecule has 0 bridgehead atoms. The fourth-order valence-corrected chi connectivity index (χ4v) is 1.89. The Bertz CT molecular complexity index is 555. The molecule has 5 heteroatoms. The van der Waals surface area contributed by atoms with E-state index in [-0.39, 0.29) is 5.56 Å². The van der Waals surface area contributed by atoms with Gasteiger partial charge in [0.1, 0.15) is 11.3 Å². The van der Waals surface area contributed by atoms with Crippen molar-refractivity contribution in [3.8, 4) is 0 Å². The van der Waals surface area contributed by atoms with Crippen molar-refractivity contribution in [2.75, 3.05) is 0 Å². The number of unbranched alkanes of at least 4 members (excludes halogenated alkanes) is 1. The van der Waals surface area contributed by atoms with Gasteiger partial charge in [0.25, 0.3) is 5.56 Å². The van der Waals surface area contributed by atoms with Crippen LogP contribution >= 0.6 is 0 Å². The molecule has 0 saturated carbocycles. The molecule has 0 aliphatic rings. The van der Waals surface area contributed by atoms with Gasteiger partial charge in [-0.05, 0) is 19.3 Å². The first-order valence-corrected chi connectivity index (χ1v) is 6.22. The van der Waals surface area contributed by atoms with Gasteiger partial charge in [-0.15, -0.1) is 0 Å². The maximum absolute atomic E-state index is 11.8. The Morgan fingerprint density at radius 1 is 1.12 bits per heavy atom. The zero-order chi connectivity index (χ0) is 12.3. The summed E-state index contributed by atoms with van der Waals surface area (Å²) in [6, 6.07) is 0. The van der Waals surface area contributed by atoms with Crippen LogP contribution in [0.3, 0.4) is 0 Å². The molecule has 2 heterocycles. The first-order chi connectivity index (χ1) is 8.26. The molecule has 0 aliphatic carbocycles. The Kier molecular flexibility index (Phi) is 3.56. The van der Waals surface area contributed by atoms with Crippen LogP contribution in [0.15, 0.2) is 4.79 Å². The lowest BCUT2D eigenvalue weighted by atomic mass is 10.2. The van der Waals surface area contributed by atoms with Crippen molar-refractivity contribution in [3.05, 3.63) is 21.9 Å². The highest BCUT2D eigenvalue weighted by Crippen LogP contribution is 2.12. The highest BCUT2D eigenvalue weighted by Gasteiger charge is 2.11. The Labute approximate surface area is 99.7 Å². The summed E-state index contributed by atoms with van der Waals surface area (Å²) in [5.41, 5.74) is 2.00. The minimum Gasteiger partial charge on any atom is -0.309 e. The summed E-state index contributed by atoms with van der Waals surface area (Å²) in [7, 11) is 0. The topological polar surface area (TPSA) is 74.4 Å². The van der Waals surface area contributed by atoms with Crippen LogP contribution in [-0.2, 0) is 12.8 Å². The number of hydrogen-bond acceptors (Lipinski definition) is 3. The van der Waals surface area contributed by atoms with Gasteiger partial charge >= 0.3 is 0 Å². The summed E-state index contributed by atoms with van der Waals surface area (Å²) in [6.45, 7) is 4.21.